The molecule has 0 saturated carbocycles. The predicted octanol–water partition coefficient (Wildman–Crippen LogP) is 2.28. The minimum atomic E-state index is -0.568. The van der Waals surface area contributed by atoms with Gasteiger partial charge in [-0.15, -0.1) is 0 Å². The maximum Gasteiger partial charge on any atom is 0.241 e. The topological polar surface area (TPSA) is 55.1 Å². The van der Waals surface area contributed by atoms with Gasteiger partial charge in [0.2, 0.25) is 5.91 Å². The monoisotopic (exact) mass is 232 g/mol. The van der Waals surface area contributed by atoms with Crippen LogP contribution in [-0.2, 0) is 4.79 Å². The maximum absolute atomic E-state index is 11.2. The second-order valence-electron chi connectivity index (χ2n) is 2.90. The van der Waals surface area contributed by atoms with Gasteiger partial charge in [-0.1, -0.05) is 23.2 Å². The number of hydrogen-bond acceptors (Lipinski definition) is 2. The van der Waals surface area contributed by atoms with E-state index < -0.39 is 6.04 Å². The molecular weight excluding hydrogens is 223 g/mol. The summed E-state index contributed by atoms with van der Waals surface area (Å²) in [5.74, 6) is -0.283. The van der Waals surface area contributed by atoms with Gasteiger partial charge in [-0.25, -0.2) is 0 Å². The molecule has 1 aromatic rings. The van der Waals surface area contributed by atoms with E-state index in [9.17, 15) is 4.79 Å². The normalized spacial score (nSPS) is 12.3. The first kappa shape index (κ1) is 11.3. The van der Waals surface area contributed by atoms with E-state index in [1.807, 2.05) is 0 Å². The average Bonchev–Trinajstić information content (AvgIpc) is 2.09. The number of nitrogens with two attached hydrogens (primary N) is 1. The molecule has 1 aromatic carbocycles. The van der Waals surface area contributed by atoms with Crippen LogP contribution >= 0.6 is 23.2 Å². The zero-order chi connectivity index (χ0) is 10.7. The van der Waals surface area contributed by atoms with Crippen LogP contribution in [0.5, 0.6) is 0 Å². The van der Waals surface area contributed by atoms with E-state index in [2.05, 4.69) is 5.32 Å². The molecule has 1 amide bonds. The van der Waals surface area contributed by atoms with E-state index in [1.54, 1.807) is 25.1 Å². The highest BCUT2D eigenvalue weighted by Crippen LogP contribution is 2.25. The fourth-order valence-electron chi connectivity index (χ4n) is 0.837. The number of halogens is 2. The van der Waals surface area contributed by atoms with Gasteiger partial charge in [0.15, 0.2) is 0 Å². The van der Waals surface area contributed by atoms with E-state index in [1.165, 1.54) is 0 Å². The molecule has 5 heteroatoms. The van der Waals surface area contributed by atoms with Crippen molar-refractivity contribution in [1.82, 2.24) is 0 Å². The zero-order valence-corrected chi connectivity index (χ0v) is 9.06. The molecule has 0 radical (unpaired) electrons. The van der Waals surface area contributed by atoms with Crippen LogP contribution in [0.15, 0.2) is 18.2 Å². The van der Waals surface area contributed by atoms with E-state index in [-0.39, 0.29) is 5.91 Å². The van der Waals surface area contributed by atoms with Gasteiger partial charge in [-0.3, -0.25) is 4.79 Å². The van der Waals surface area contributed by atoms with E-state index in [4.69, 9.17) is 28.9 Å². The van der Waals surface area contributed by atoms with Gasteiger partial charge in [0, 0.05) is 5.02 Å². The highest BCUT2D eigenvalue weighted by Gasteiger charge is 2.09. The number of amides is 1. The summed E-state index contributed by atoms with van der Waals surface area (Å²) in [6.07, 6.45) is 0. The number of benzene rings is 1. The lowest BCUT2D eigenvalue weighted by Gasteiger charge is -2.09. The van der Waals surface area contributed by atoms with Crippen LogP contribution < -0.4 is 11.1 Å². The summed E-state index contributed by atoms with van der Waals surface area (Å²) in [6.45, 7) is 1.60. The number of rotatable bonds is 2. The summed E-state index contributed by atoms with van der Waals surface area (Å²) in [5.41, 5.74) is 5.89. The average molecular weight is 233 g/mol. The summed E-state index contributed by atoms with van der Waals surface area (Å²) < 4.78 is 0. The van der Waals surface area contributed by atoms with Crippen LogP contribution in [0.2, 0.25) is 10.0 Å². The van der Waals surface area contributed by atoms with Crippen molar-refractivity contribution in [3.63, 3.8) is 0 Å². The van der Waals surface area contributed by atoms with E-state index in [0.717, 1.165) is 0 Å². The molecule has 0 saturated heterocycles. The molecule has 0 aromatic heterocycles. The van der Waals surface area contributed by atoms with Crippen molar-refractivity contribution in [2.75, 3.05) is 5.32 Å². The Morgan fingerprint density at radius 1 is 1.50 bits per heavy atom. The van der Waals surface area contributed by atoms with Crippen LogP contribution in [-0.4, -0.2) is 11.9 Å². The molecule has 0 aliphatic carbocycles. The van der Waals surface area contributed by atoms with Crippen LogP contribution in [0, 0.1) is 0 Å². The molecule has 0 unspecified atom stereocenters. The second kappa shape index (κ2) is 4.64. The lowest BCUT2D eigenvalue weighted by molar-refractivity contribution is -0.117. The molecule has 1 atom stereocenters. The van der Waals surface area contributed by atoms with Crippen LogP contribution in [0.3, 0.4) is 0 Å². The Balaban J connectivity index is 2.82. The van der Waals surface area contributed by atoms with Crippen molar-refractivity contribution in [2.45, 2.75) is 13.0 Å². The number of hydrogen-bond donors (Lipinski definition) is 2. The highest BCUT2D eigenvalue weighted by atomic mass is 35.5. The second-order valence-corrected chi connectivity index (χ2v) is 3.75. The number of nitrogens with one attached hydrogen (secondary N) is 1. The first-order chi connectivity index (χ1) is 6.50. The molecule has 0 bridgehead atoms. The third kappa shape index (κ3) is 2.87. The Bertz CT molecular complexity index is 353. The summed E-state index contributed by atoms with van der Waals surface area (Å²) in [4.78, 5) is 11.2. The predicted molar refractivity (Wildman–Crippen MR) is 58.7 cm³/mol. The van der Waals surface area contributed by atoms with Crippen molar-refractivity contribution in [3.05, 3.63) is 28.2 Å². The molecule has 3 N–H and O–H groups in total. The number of anilines is 1. The van der Waals surface area contributed by atoms with Crippen molar-refractivity contribution < 1.29 is 4.79 Å². The first-order valence-electron chi connectivity index (χ1n) is 4.02. The quantitative estimate of drug-likeness (QED) is 0.823. The van der Waals surface area contributed by atoms with Crippen molar-refractivity contribution >= 4 is 34.8 Å². The van der Waals surface area contributed by atoms with Crippen LogP contribution in [0.4, 0.5) is 5.69 Å². The Morgan fingerprint density at radius 3 is 2.64 bits per heavy atom. The lowest BCUT2D eigenvalue weighted by Crippen LogP contribution is -2.32. The summed E-state index contributed by atoms with van der Waals surface area (Å²) in [7, 11) is 0. The van der Waals surface area contributed by atoms with Gasteiger partial charge in [0.05, 0.1) is 16.8 Å². The number of carbonyl (C=O) groups is 1. The molecule has 14 heavy (non-hydrogen) atoms. The third-order valence-corrected chi connectivity index (χ3v) is 2.15. The van der Waals surface area contributed by atoms with Crippen molar-refractivity contribution in [1.29, 1.82) is 0 Å². The van der Waals surface area contributed by atoms with Crippen LogP contribution in [0.25, 0.3) is 0 Å². The minimum absolute atomic E-state index is 0.283. The molecule has 0 aliphatic heterocycles. The number of carbonyl (C=O) groups excluding carboxylic acids is 1. The largest absolute Gasteiger partial charge is 0.323 e. The first-order valence-corrected chi connectivity index (χ1v) is 4.78. The standard InChI is InChI=1S/C9H10Cl2N2O/c1-5(12)9(14)13-8-3-2-6(10)4-7(8)11/h2-5H,12H2,1H3,(H,13,14)/t5-/m0/s1. The smallest absolute Gasteiger partial charge is 0.241 e. The molecule has 0 heterocycles. The molecule has 0 aliphatic rings. The minimum Gasteiger partial charge on any atom is -0.323 e. The molecule has 1 rings (SSSR count). The third-order valence-electron chi connectivity index (χ3n) is 1.60. The molecular formula is C9H10Cl2N2O. The SMILES string of the molecule is C[C@H](N)C(=O)Nc1ccc(Cl)cc1Cl. The van der Waals surface area contributed by atoms with Gasteiger partial charge in [0.25, 0.3) is 0 Å². The Labute approximate surface area is 92.2 Å². The fourth-order valence-corrected chi connectivity index (χ4v) is 1.29. The summed E-state index contributed by atoms with van der Waals surface area (Å²) in [6, 6.07) is 4.26. The van der Waals surface area contributed by atoms with Crippen LogP contribution in [0.1, 0.15) is 6.92 Å². The summed E-state index contributed by atoms with van der Waals surface area (Å²) in [5, 5.41) is 3.50. The van der Waals surface area contributed by atoms with Gasteiger partial charge < -0.3 is 11.1 Å². The molecule has 76 valence electrons. The molecule has 0 spiro atoms. The molecule has 0 fully saturated rings. The summed E-state index contributed by atoms with van der Waals surface area (Å²) >= 11 is 11.5. The molecule has 3 nitrogen and oxygen atoms in total. The van der Waals surface area contributed by atoms with E-state index in [0.29, 0.717) is 15.7 Å². The van der Waals surface area contributed by atoms with Gasteiger partial charge in [-0.05, 0) is 25.1 Å². The Kier molecular flexibility index (Phi) is 3.75. The zero-order valence-electron chi connectivity index (χ0n) is 7.55. The van der Waals surface area contributed by atoms with Gasteiger partial charge in [-0.2, -0.15) is 0 Å². The van der Waals surface area contributed by atoms with E-state index >= 15 is 0 Å². The van der Waals surface area contributed by atoms with Crippen molar-refractivity contribution in [2.24, 2.45) is 5.73 Å². The highest BCUT2D eigenvalue weighted by molar-refractivity contribution is 6.36. The van der Waals surface area contributed by atoms with Crippen molar-refractivity contribution in [3.8, 4) is 0 Å². The Morgan fingerprint density at radius 2 is 2.14 bits per heavy atom. The fraction of sp³-hybridized carbons (Fsp3) is 0.222. The Hall–Kier alpha value is -0.770. The maximum atomic E-state index is 11.2. The lowest BCUT2D eigenvalue weighted by atomic mass is 10.3. The van der Waals surface area contributed by atoms with Gasteiger partial charge in [0.1, 0.15) is 0 Å². The van der Waals surface area contributed by atoms with Gasteiger partial charge >= 0.3 is 0 Å².